The minimum absolute atomic E-state index is 0.244. The van der Waals surface area contributed by atoms with E-state index in [1.165, 1.54) is 32.1 Å². The van der Waals surface area contributed by atoms with Crippen molar-refractivity contribution >= 4 is 17.3 Å². The molecular formula is C23H24N2O4S. The van der Waals surface area contributed by atoms with Gasteiger partial charge in [-0.3, -0.25) is 0 Å². The van der Waals surface area contributed by atoms with Crippen molar-refractivity contribution < 1.29 is 19.4 Å². The average molecular weight is 425 g/mol. The minimum atomic E-state index is -0.887. The molecule has 1 aromatic carbocycles. The third-order valence-corrected chi connectivity index (χ3v) is 7.04. The van der Waals surface area contributed by atoms with E-state index in [1.54, 1.807) is 17.4 Å². The summed E-state index contributed by atoms with van der Waals surface area (Å²) in [5.74, 6) is 1.19. The Morgan fingerprint density at radius 2 is 2.00 bits per heavy atom. The smallest absolute Gasteiger partial charge is 0.337 e. The molecule has 156 valence electrons. The number of carboxylic acid groups (broad SMARTS) is 1. The Balaban J connectivity index is 1.50. The monoisotopic (exact) mass is 424 g/mol. The Morgan fingerprint density at radius 3 is 2.80 bits per heavy atom. The van der Waals surface area contributed by atoms with Gasteiger partial charge in [-0.2, -0.15) is 0 Å². The molecule has 3 heterocycles. The minimum Gasteiger partial charge on any atom is -0.478 e. The van der Waals surface area contributed by atoms with Gasteiger partial charge in [0, 0.05) is 23.2 Å². The lowest BCUT2D eigenvalue weighted by molar-refractivity contribution is 0.0696. The van der Waals surface area contributed by atoms with E-state index in [9.17, 15) is 9.90 Å². The normalized spacial score (nSPS) is 16.2. The van der Waals surface area contributed by atoms with Gasteiger partial charge >= 0.3 is 5.97 Å². The Kier molecular flexibility index (Phi) is 4.98. The van der Waals surface area contributed by atoms with Crippen LogP contribution in [0.25, 0.3) is 22.0 Å². The van der Waals surface area contributed by atoms with Crippen molar-refractivity contribution in [3.05, 3.63) is 40.9 Å². The summed E-state index contributed by atoms with van der Waals surface area (Å²) >= 11 is 1.55. The maximum Gasteiger partial charge on any atom is 0.337 e. The van der Waals surface area contributed by atoms with Gasteiger partial charge in [0.05, 0.1) is 17.0 Å². The molecule has 2 aromatic heterocycles. The molecule has 6 nitrogen and oxygen atoms in total. The van der Waals surface area contributed by atoms with Crippen molar-refractivity contribution in [2.45, 2.75) is 45.6 Å². The summed E-state index contributed by atoms with van der Waals surface area (Å²) in [7, 11) is 0. The third kappa shape index (κ3) is 3.47. The molecular weight excluding hydrogens is 400 g/mol. The van der Waals surface area contributed by atoms with E-state index in [-0.39, 0.29) is 6.79 Å². The molecule has 0 amide bonds. The molecule has 0 atom stereocenters. The van der Waals surface area contributed by atoms with Gasteiger partial charge in [0.15, 0.2) is 11.5 Å². The number of hydrogen-bond acceptors (Lipinski definition) is 5. The molecule has 5 rings (SSSR count). The second-order valence-corrected chi connectivity index (χ2v) is 8.91. The standard InChI is InChI=1S/C23H24N2O4S/c1-14-17(23(26)27)10-19(25(14)11-15-5-3-2-4-6-15)18-12-30-22(24-18)16-7-8-20-21(9-16)29-13-28-20/h7-10,12,15H,2-6,11,13H2,1H3,(H,26,27). The fourth-order valence-electron chi connectivity index (χ4n) is 4.49. The van der Waals surface area contributed by atoms with Gasteiger partial charge in [-0.1, -0.05) is 19.3 Å². The lowest BCUT2D eigenvalue weighted by atomic mass is 9.89. The maximum atomic E-state index is 11.8. The van der Waals surface area contributed by atoms with Crippen LogP contribution in [-0.2, 0) is 6.54 Å². The molecule has 0 spiro atoms. The van der Waals surface area contributed by atoms with Crippen LogP contribution in [0.4, 0.5) is 0 Å². The van der Waals surface area contributed by atoms with E-state index < -0.39 is 5.97 Å². The number of aromatic nitrogens is 2. The number of fused-ring (bicyclic) bond motifs is 1. The number of rotatable bonds is 5. The van der Waals surface area contributed by atoms with E-state index in [0.29, 0.717) is 11.5 Å². The number of benzene rings is 1. The summed E-state index contributed by atoms with van der Waals surface area (Å²) < 4.78 is 13.0. The molecule has 1 aliphatic heterocycles. The van der Waals surface area contributed by atoms with Crippen LogP contribution in [-0.4, -0.2) is 27.4 Å². The molecule has 1 fully saturated rings. The Labute approximate surface area is 179 Å². The molecule has 1 aliphatic carbocycles. The van der Waals surface area contributed by atoms with Crippen molar-refractivity contribution in [2.24, 2.45) is 5.92 Å². The molecule has 0 saturated heterocycles. The zero-order valence-corrected chi connectivity index (χ0v) is 17.7. The molecule has 0 unspecified atom stereocenters. The van der Waals surface area contributed by atoms with Crippen LogP contribution in [0.5, 0.6) is 11.5 Å². The molecule has 2 aliphatic rings. The summed E-state index contributed by atoms with van der Waals surface area (Å²) in [5, 5.41) is 12.6. The van der Waals surface area contributed by atoms with Gasteiger partial charge in [0.25, 0.3) is 0 Å². The predicted octanol–water partition coefficient (Wildman–Crippen LogP) is 5.59. The zero-order chi connectivity index (χ0) is 20.7. The van der Waals surface area contributed by atoms with Crippen molar-refractivity contribution in [2.75, 3.05) is 6.79 Å². The first-order valence-electron chi connectivity index (χ1n) is 10.4. The summed E-state index contributed by atoms with van der Waals surface area (Å²) in [4.78, 5) is 16.6. The molecule has 0 radical (unpaired) electrons. The number of carboxylic acids is 1. The van der Waals surface area contributed by atoms with Crippen LogP contribution in [0.2, 0.25) is 0 Å². The second kappa shape index (κ2) is 7.80. The molecule has 0 bridgehead atoms. The summed E-state index contributed by atoms with van der Waals surface area (Å²) in [6, 6.07) is 7.60. The summed E-state index contributed by atoms with van der Waals surface area (Å²) in [5.41, 5.74) is 3.84. The van der Waals surface area contributed by atoms with Crippen LogP contribution in [0.3, 0.4) is 0 Å². The fourth-order valence-corrected chi connectivity index (χ4v) is 5.30. The van der Waals surface area contributed by atoms with Gasteiger partial charge < -0.3 is 19.1 Å². The Morgan fingerprint density at radius 1 is 1.20 bits per heavy atom. The van der Waals surface area contributed by atoms with E-state index >= 15 is 0 Å². The van der Waals surface area contributed by atoms with Gasteiger partial charge in [0.2, 0.25) is 6.79 Å². The van der Waals surface area contributed by atoms with Crippen molar-refractivity contribution in [1.29, 1.82) is 0 Å². The van der Waals surface area contributed by atoms with Crippen LogP contribution in [0, 0.1) is 12.8 Å². The molecule has 3 aromatic rings. The predicted molar refractivity (Wildman–Crippen MR) is 115 cm³/mol. The number of ether oxygens (including phenoxy) is 2. The summed E-state index contributed by atoms with van der Waals surface area (Å²) in [6.07, 6.45) is 6.24. The van der Waals surface area contributed by atoms with Crippen molar-refractivity contribution in [1.82, 2.24) is 9.55 Å². The van der Waals surface area contributed by atoms with Crippen LogP contribution in [0.15, 0.2) is 29.6 Å². The molecule has 30 heavy (non-hydrogen) atoms. The highest BCUT2D eigenvalue weighted by molar-refractivity contribution is 7.13. The highest BCUT2D eigenvalue weighted by atomic mass is 32.1. The van der Waals surface area contributed by atoms with E-state index in [0.717, 1.165) is 45.7 Å². The van der Waals surface area contributed by atoms with E-state index in [4.69, 9.17) is 14.5 Å². The first-order chi connectivity index (χ1) is 14.6. The van der Waals surface area contributed by atoms with Crippen LogP contribution >= 0.6 is 11.3 Å². The van der Waals surface area contributed by atoms with E-state index in [1.807, 2.05) is 30.5 Å². The number of carbonyl (C=O) groups is 1. The number of hydrogen-bond donors (Lipinski definition) is 1. The fraction of sp³-hybridized carbons (Fsp3) is 0.391. The third-order valence-electron chi connectivity index (χ3n) is 6.15. The van der Waals surface area contributed by atoms with Crippen molar-refractivity contribution in [3.8, 4) is 33.5 Å². The quantitative estimate of drug-likeness (QED) is 0.578. The Hall–Kier alpha value is -2.80. The Bertz CT molecular complexity index is 1090. The van der Waals surface area contributed by atoms with Gasteiger partial charge in [-0.15, -0.1) is 11.3 Å². The number of aromatic carboxylic acids is 1. The second-order valence-electron chi connectivity index (χ2n) is 8.05. The van der Waals surface area contributed by atoms with Gasteiger partial charge in [0.1, 0.15) is 5.01 Å². The SMILES string of the molecule is Cc1c(C(=O)O)cc(-c2csc(-c3ccc4c(c3)OCO4)n2)n1CC1CCCCC1. The first-order valence-corrected chi connectivity index (χ1v) is 11.3. The largest absolute Gasteiger partial charge is 0.478 e. The van der Waals surface area contributed by atoms with Crippen molar-refractivity contribution in [3.63, 3.8) is 0 Å². The van der Waals surface area contributed by atoms with Gasteiger partial charge in [-0.05, 0) is 49.9 Å². The zero-order valence-electron chi connectivity index (χ0n) is 16.9. The molecule has 1 N–H and O–H groups in total. The number of nitrogens with zero attached hydrogens (tertiary/aromatic N) is 2. The topological polar surface area (TPSA) is 73.6 Å². The highest BCUT2D eigenvalue weighted by Crippen LogP contribution is 2.38. The lowest BCUT2D eigenvalue weighted by Crippen LogP contribution is -2.16. The van der Waals surface area contributed by atoms with Crippen LogP contribution < -0.4 is 9.47 Å². The maximum absolute atomic E-state index is 11.8. The first kappa shape index (κ1) is 19.2. The highest BCUT2D eigenvalue weighted by Gasteiger charge is 2.23. The van der Waals surface area contributed by atoms with Crippen LogP contribution in [0.1, 0.15) is 48.2 Å². The lowest BCUT2D eigenvalue weighted by Gasteiger charge is -2.24. The van der Waals surface area contributed by atoms with E-state index in [2.05, 4.69) is 4.57 Å². The average Bonchev–Trinajstić information content (AvgIpc) is 3.48. The summed E-state index contributed by atoms with van der Waals surface area (Å²) in [6.45, 7) is 3.00. The molecule has 1 saturated carbocycles. The van der Waals surface area contributed by atoms with Gasteiger partial charge in [-0.25, -0.2) is 9.78 Å². The number of thiazole rings is 1. The molecule has 7 heteroatoms.